The first-order valence-corrected chi connectivity index (χ1v) is 7.02. The van der Waals surface area contributed by atoms with Gasteiger partial charge >= 0.3 is 0 Å². The molecule has 1 unspecified atom stereocenters. The fraction of sp³-hybridized carbons (Fsp3) is 0.600. The van der Waals surface area contributed by atoms with Crippen molar-refractivity contribution in [1.82, 2.24) is 5.32 Å². The Morgan fingerprint density at radius 3 is 3.00 bits per heavy atom. The predicted molar refractivity (Wildman–Crippen MR) is 76.0 cm³/mol. The summed E-state index contributed by atoms with van der Waals surface area (Å²) in [6.07, 6.45) is 2.06. The molecular formula is C15H23FN2O. The maximum absolute atomic E-state index is 14.0. The van der Waals surface area contributed by atoms with Crippen LogP contribution in [0.1, 0.15) is 25.3 Å². The molecule has 106 valence electrons. The van der Waals surface area contributed by atoms with Crippen LogP contribution in [0, 0.1) is 5.82 Å². The zero-order valence-electron chi connectivity index (χ0n) is 11.8. The van der Waals surface area contributed by atoms with Gasteiger partial charge in [0.1, 0.15) is 5.82 Å². The first-order chi connectivity index (χ1) is 9.24. The van der Waals surface area contributed by atoms with Gasteiger partial charge in [-0.05, 0) is 31.5 Å². The molecule has 0 amide bonds. The standard InChI is InChI=1S/C15H23FN2O/c1-3-8-17-10-13-14(16)5-4-6-15(13)18(2)12-7-9-19-11-12/h4-6,12,17H,3,7-11H2,1-2H3. The minimum absolute atomic E-state index is 0.133. The van der Waals surface area contributed by atoms with Gasteiger partial charge in [-0.3, -0.25) is 0 Å². The van der Waals surface area contributed by atoms with Gasteiger partial charge in [0.15, 0.2) is 0 Å². The van der Waals surface area contributed by atoms with Crippen LogP contribution in [0.2, 0.25) is 0 Å². The fourth-order valence-corrected chi connectivity index (χ4v) is 2.47. The lowest BCUT2D eigenvalue weighted by Gasteiger charge is -2.28. The molecule has 1 aliphatic heterocycles. The van der Waals surface area contributed by atoms with Crippen molar-refractivity contribution in [1.29, 1.82) is 0 Å². The fourth-order valence-electron chi connectivity index (χ4n) is 2.47. The zero-order valence-corrected chi connectivity index (χ0v) is 11.8. The average molecular weight is 266 g/mol. The Labute approximate surface area is 114 Å². The molecular weight excluding hydrogens is 243 g/mol. The first-order valence-electron chi connectivity index (χ1n) is 7.02. The second kappa shape index (κ2) is 6.87. The van der Waals surface area contributed by atoms with Gasteiger partial charge in [0.2, 0.25) is 0 Å². The van der Waals surface area contributed by atoms with Crippen molar-refractivity contribution in [2.45, 2.75) is 32.4 Å². The average Bonchev–Trinajstić information content (AvgIpc) is 2.94. The van der Waals surface area contributed by atoms with Crippen LogP contribution in [-0.2, 0) is 11.3 Å². The van der Waals surface area contributed by atoms with Crippen LogP contribution in [0.4, 0.5) is 10.1 Å². The largest absolute Gasteiger partial charge is 0.379 e. The lowest BCUT2D eigenvalue weighted by Crippen LogP contribution is -2.33. The molecule has 0 bridgehead atoms. The topological polar surface area (TPSA) is 24.5 Å². The van der Waals surface area contributed by atoms with E-state index in [9.17, 15) is 4.39 Å². The van der Waals surface area contributed by atoms with Gasteiger partial charge in [0, 0.05) is 31.5 Å². The summed E-state index contributed by atoms with van der Waals surface area (Å²) in [4.78, 5) is 2.15. The molecule has 0 aromatic heterocycles. The van der Waals surface area contributed by atoms with Crippen LogP contribution in [0.25, 0.3) is 0 Å². The highest BCUT2D eigenvalue weighted by molar-refractivity contribution is 5.54. The number of hydrogen-bond donors (Lipinski definition) is 1. The smallest absolute Gasteiger partial charge is 0.129 e. The second-order valence-corrected chi connectivity index (χ2v) is 5.04. The molecule has 1 aromatic carbocycles. The molecule has 3 nitrogen and oxygen atoms in total. The number of halogens is 1. The summed E-state index contributed by atoms with van der Waals surface area (Å²) in [5.41, 5.74) is 1.73. The van der Waals surface area contributed by atoms with E-state index in [0.29, 0.717) is 12.6 Å². The normalized spacial score (nSPS) is 18.8. The number of anilines is 1. The first kappa shape index (κ1) is 14.3. The predicted octanol–water partition coefficient (Wildman–Crippen LogP) is 2.55. The quantitative estimate of drug-likeness (QED) is 0.801. The van der Waals surface area contributed by atoms with Gasteiger partial charge in [-0.1, -0.05) is 13.0 Å². The molecule has 1 N–H and O–H groups in total. The summed E-state index contributed by atoms with van der Waals surface area (Å²) < 4.78 is 19.4. The Morgan fingerprint density at radius 1 is 1.47 bits per heavy atom. The van der Waals surface area contributed by atoms with E-state index in [1.807, 2.05) is 13.1 Å². The highest BCUT2D eigenvalue weighted by atomic mass is 19.1. The van der Waals surface area contributed by atoms with Crippen molar-refractivity contribution in [3.05, 3.63) is 29.6 Å². The maximum Gasteiger partial charge on any atom is 0.129 e. The van der Waals surface area contributed by atoms with Crippen molar-refractivity contribution >= 4 is 5.69 Å². The van der Waals surface area contributed by atoms with Gasteiger partial charge in [-0.25, -0.2) is 4.39 Å². The number of likely N-dealkylation sites (N-methyl/N-ethyl adjacent to an activating group) is 1. The van der Waals surface area contributed by atoms with E-state index in [0.717, 1.165) is 43.9 Å². The Kier molecular flexibility index (Phi) is 5.16. The van der Waals surface area contributed by atoms with Crippen LogP contribution < -0.4 is 10.2 Å². The van der Waals surface area contributed by atoms with Gasteiger partial charge in [-0.15, -0.1) is 0 Å². The Morgan fingerprint density at radius 2 is 2.32 bits per heavy atom. The Balaban J connectivity index is 2.15. The van der Waals surface area contributed by atoms with Gasteiger partial charge in [0.25, 0.3) is 0 Å². The molecule has 1 saturated heterocycles. The summed E-state index contributed by atoms with van der Waals surface area (Å²) in [6.45, 7) is 5.12. The molecule has 1 fully saturated rings. The number of hydrogen-bond acceptors (Lipinski definition) is 3. The molecule has 19 heavy (non-hydrogen) atoms. The molecule has 2 rings (SSSR count). The monoisotopic (exact) mass is 266 g/mol. The molecule has 0 saturated carbocycles. The lowest BCUT2D eigenvalue weighted by molar-refractivity contribution is 0.193. The number of rotatable bonds is 6. The summed E-state index contributed by atoms with van der Waals surface area (Å²) in [5.74, 6) is -0.133. The van der Waals surface area contributed by atoms with E-state index in [1.54, 1.807) is 6.07 Å². The van der Waals surface area contributed by atoms with E-state index in [4.69, 9.17) is 4.74 Å². The summed E-state index contributed by atoms with van der Waals surface area (Å²) in [5, 5.41) is 3.28. The SMILES string of the molecule is CCCNCc1c(F)cccc1N(C)C1CCOC1. The number of benzene rings is 1. The van der Waals surface area contributed by atoms with E-state index in [2.05, 4.69) is 17.1 Å². The third kappa shape index (κ3) is 3.45. The van der Waals surface area contributed by atoms with Gasteiger partial charge in [0.05, 0.1) is 12.6 Å². The van der Waals surface area contributed by atoms with E-state index < -0.39 is 0 Å². The zero-order chi connectivity index (χ0) is 13.7. The van der Waals surface area contributed by atoms with Crippen molar-refractivity contribution < 1.29 is 9.13 Å². The molecule has 4 heteroatoms. The second-order valence-electron chi connectivity index (χ2n) is 5.04. The Hall–Kier alpha value is -1.13. The van der Waals surface area contributed by atoms with E-state index in [-0.39, 0.29) is 5.82 Å². The van der Waals surface area contributed by atoms with Gasteiger partial charge in [-0.2, -0.15) is 0 Å². The summed E-state index contributed by atoms with van der Waals surface area (Å²) in [7, 11) is 2.03. The van der Waals surface area contributed by atoms with Crippen LogP contribution in [0.5, 0.6) is 0 Å². The lowest BCUT2D eigenvalue weighted by atomic mass is 10.1. The minimum atomic E-state index is -0.133. The highest BCUT2D eigenvalue weighted by Gasteiger charge is 2.23. The molecule has 0 spiro atoms. The molecule has 0 radical (unpaired) electrons. The molecule has 1 aliphatic rings. The third-order valence-electron chi connectivity index (χ3n) is 3.66. The van der Waals surface area contributed by atoms with Crippen LogP contribution in [0.15, 0.2) is 18.2 Å². The number of nitrogens with zero attached hydrogens (tertiary/aromatic N) is 1. The van der Waals surface area contributed by atoms with Gasteiger partial charge < -0.3 is 15.0 Å². The van der Waals surface area contributed by atoms with Crippen molar-refractivity contribution in [2.24, 2.45) is 0 Å². The minimum Gasteiger partial charge on any atom is -0.379 e. The summed E-state index contributed by atoms with van der Waals surface area (Å²) in [6, 6.07) is 5.66. The van der Waals surface area contributed by atoms with E-state index in [1.165, 1.54) is 6.07 Å². The van der Waals surface area contributed by atoms with Crippen molar-refractivity contribution in [3.63, 3.8) is 0 Å². The molecule has 1 aromatic rings. The number of ether oxygens (including phenoxy) is 1. The van der Waals surface area contributed by atoms with E-state index >= 15 is 0 Å². The maximum atomic E-state index is 14.0. The summed E-state index contributed by atoms with van der Waals surface area (Å²) >= 11 is 0. The number of nitrogens with one attached hydrogen (secondary N) is 1. The van der Waals surface area contributed by atoms with Crippen molar-refractivity contribution in [3.8, 4) is 0 Å². The highest BCUT2D eigenvalue weighted by Crippen LogP contribution is 2.26. The Bertz CT molecular complexity index is 405. The van der Waals surface area contributed by atoms with Crippen LogP contribution >= 0.6 is 0 Å². The van der Waals surface area contributed by atoms with Crippen LogP contribution in [-0.4, -0.2) is 32.8 Å². The third-order valence-corrected chi connectivity index (χ3v) is 3.66. The molecule has 0 aliphatic carbocycles. The van der Waals surface area contributed by atoms with Crippen molar-refractivity contribution in [2.75, 3.05) is 31.7 Å². The molecule has 1 heterocycles. The molecule has 1 atom stereocenters. The van der Waals surface area contributed by atoms with Crippen LogP contribution in [0.3, 0.4) is 0 Å².